The predicted octanol–water partition coefficient (Wildman–Crippen LogP) is 14.1. The molecule has 0 aliphatic carbocycles. The van der Waals surface area contributed by atoms with Gasteiger partial charge >= 0.3 is 0 Å². The summed E-state index contributed by atoms with van der Waals surface area (Å²) in [7, 11) is 0. The molecule has 2 aromatic heterocycles. The van der Waals surface area contributed by atoms with Crippen LogP contribution in [-0.4, -0.2) is 9.97 Å². The lowest BCUT2D eigenvalue weighted by Crippen LogP contribution is -2.09. The SMILES string of the molecule is c1ccc(-c2cc(-c3ccccc3)nc(-c3ccc4c(c3)nc(-c3cccc(N(c5ccccc5)c5ccccc5)c3)c3ccc5ccccc5c34)c2)cc1. The topological polar surface area (TPSA) is 29.0 Å². The second-order valence-electron chi connectivity index (χ2n) is 13.8. The van der Waals surface area contributed by atoms with E-state index in [0.717, 1.165) is 78.3 Å². The molecule has 0 amide bonds. The second-order valence-corrected chi connectivity index (χ2v) is 13.8. The number of fused-ring (bicyclic) bond motifs is 5. The lowest BCUT2D eigenvalue weighted by atomic mass is 9.94. The van der Waals surface area contributed by atoms with Crippen molar-refractivity contribution in [3.63, 3.8) is 0 Å². The molecule has 8 aromatic carbocycles. The van der Waals surface area contributed by atoms with Gasteiger partial charge in [0.15, 0.2) is 0 Å². The summed E-state index contributed by atoms with van der Waals surface area (Å²) in [5.74, 6) is 0. The number of rotatable bonds is 7. The summed E-state index contributed by atoms with van der Waals surface area (Å²) in [5.41, 5.74) is 12.4. The Labute approximate surface area is 320 Å². The molecule has 0 spiro atoms. The van der Waals surface area contributed by atoms with E-state index < -0.39 is 0 Å². The molecule has 55 heavy (non-hydrogen) atoms. The Morgan fingerprint density at radius 1 is 0.309 bits per heavy atom. The third kappa shape index (κ3) is 6.08. The minimum atomic E-state index is 0.909. The number of para-hydroxylation sites is 2. The average molecular weight is 702 g/mol. The molecule has 3 nitrogen and oxygen atoms in total. The van der Waals surface area contributed by atoms with Crippen molar-refractivity contribution >= 4 is 49.5 Å². The van der Waals surface area contributed by atoms with Crippen molar-refractivity contribution in [2.75, 3.05) is 4.90 Å². The standard InChI is InChI=1S/C52H35N3/c1-5-16-36(17-6-1)41-34-48(38-19-7-2-8-20-38)53-49(35-41)39-29-30-46-50(33-39)54-52(47-31-28-37-18-13-14-27-45(37)51(46)47)40-21-15-26-44(32-40)55(42-22-9-3-10-23-42)43-24-11-4-12-25-43/h1-35H. The van der Waals surface area contributed by atoms with Crippen LogP contribution >= 0.6 is 0 Å². The molecule has 0 atom stereocenters. The monoisotopic (exact) mass is 701 g/mol. The number of aromatic nitrogens is 2. The average Bonchev–Trinajstić information content (AvgIpc) is 3.27. The van der Waals surface area contributed by atoms with Crippen molar-refractivity contribution in [3.05, 3.63) is 212 Å². The molecule has 0 fully saturated rings. The minimum absolute atomic E-state index is 0.909. The van der Waals surface area contributed by atoms with Gasteiger partial charge in [0, 0.05) is 49.9 Å². The van der Waals surface area contributed by atoms with E-state index in [0.29, 0.717) is 0 Å². The maximum atomic E-state index is 5.53. The smallest absolute Gasteiger partial charge is 0.0789 e. The van der Waals surface area contributed by atoms with Gasteiger partial charge in [-0.05, 0) is 76.5 Å². The van der Waals surface area contributed by atoms with Crippen molar-refractivity contribution in [2.24, 2.45) is 0 Å². The van der Waals surface area contributed by atoms with Crippen LogP contribution in [0.5, 0.6) is 0 Å². The Kier molecular flexibility index (Phi) is 8.16. The molecule has 10 aromatic rings. The van der Waals surface area contributed by atoms with E-state index in [2.05, 4.69) is 211 Å². The fraction of sp³-hybridized carbons (Fsp3) is 0. The van der Waals surface area contributed by atoms with E-state index in [4.69, 9.17) is 9.97 Å². The molecule has 258 valence electrons. The molecule has 0 N–H and O–H groups in total. The minimum Gasteiger partial charge on any atom is -0.310 e. The van der Waals surface area contributed by atoms with Crippen LogP contribution < -0.4 is 4.90 Å². The fourth-order valence-corrected chi connectivity index (χ4v) is 7.78. The van der Waals surface area contributed by atoms with Crippen LogP contribution in [0.15, 0.2) is 212 Å². The summed E-state index contributed by atoms with van der Waals surface area (Å²) in [5, 5.41) is 5.86. The van der Waals surface area contributed by atoms with Crippen LogP contribution in [0.1, 0.15) is 0 Å². The van der Waals surface area contributed by atoms with Crippen LogP contribution in [0.25, 0.3) is 77.3 Å². The van der Waals surface area contributed by atoms with Gasteiger partial charge in [-0.3, -0.25) is 0 Å². The molecule has 0 unspecified atom stereocenters. The third-order valence-corrected chi connectivity index (χ3v) is 10.4. The van der Waals surface area contributed by atoms with E-state index >= 15 is 0 Å². The molecule has 0 bridgehead atoms. The third-order valence-electron chi connectivity index (χ3n) is 10.4. The first-order chi connectivity index (χ1) is 27.3. The highest BCUT2D eigenvalue weighted by atomic mass is 15.1. The molecular formula is C52H35N3. The fourth-order valence-electron chi connectivity index (χ4n) is 7.78. The number of hydrogen-bond donors (Lipinski definition) is 0. The van der Waals surface area contributed by atoms with E-state index in [1.807, 2.05) is 6.07 Å². The quantitative estimate of drug-likeness (QED) is 0.155. The Morgan fingerprint density at radius 2 is 0.873 bits per heavy atom. The molecule has 3 heteroatoms. The number of pyridine rings is 2. The Bertz CT molecular complexity index is 2860. The van der Waals surface area contributed by atoms with Gasteiger partial charge < -0.3 is 4.90 Å². The summed E-state index contributed by atoms with van der Waals surface area (Å²) in [6, 6.07) is 75.0. The van der Waals surface area contributed by atoms with Gasteiger partial charge in [0.1, 0.15) is 0 Å². The highest BCUT2D eigenvalue weighted by Gasteiger charge is 2.18. The first-order valence-electron chi connectivity index (χ1n) is 18.7. The number of anilines is 3. The van der Waals surface area contributed by atoms with Gasteiger partial charge in [-0.1, -0.05) is 158 Å². The maximum absolute atomic E-state index is 5.53. The lowest BCUT2D eigenvalue weighted by molar-refractivity contribution is 1.28. The predicted molar refractivity (Wildman–Crippen MR) is 231 cm³/mol. The van der Waals surface area contributed by atoms with Crippen LogP contribution in [0.2, 0.25) is 0 Å². The van der Waals surface area contributed by atoms with Gasteiger partial charge in [-0.25, -0.2) is 9.97 Å². The summed E-state index contributed by atoms with van der Waals surface area (Å²) in [4.78, 5) is 13.1. The van der Waals surface area contributed by atoms with Gasteiger partial charge in [0.2, 0.25) is 0 Å². The first kappa shape index (κ1) is 32.3. The zero-order valence-electron chi connectivity index (χ0n) is 30.0. The van der Waals surface area contributed by atoms with E-state index in [9.17, 15) is 0 Å². The zero-order chi connectivity index (χ0) is 36.6. The van der Waals surface area contributed by atoms with Crippen molar-refractivity contribution < 1.29 is 0 Å². The number of benzene rings is 8. The van der Waals surface area contributed by atoms with Crippen molar-refractivity contribution in [3.8, 4) is 44.9 Å². The molecule has 0 saturated heterocycles. The van der Waals surface area contributed by atoms with Gasteiger partial charge in [-0.15, -0.1) is 0 Å². The second kappa shape index (κ2) is 13.9. The van der Waals surface area contributed by atoms with E-state index in [1.165, 1.54) is 16.2 Å². The largest absolute Gasteiger partial charge is 0.310 e. The summed E-state index contributed by atoms with van der Waals surface area (Å²) < 4.78 is 0. The molecule has 0 aliphatic heterocycles. The summed E-state index contributed by atoms with van der Waals surface area (Å²) in [6.07, 6.45) is 0. The Morgan fingerprint density at radius 3 is 1.58 bits per heavy atom. The summed E-state index contributed by atoms with van der Waals surface area (Å²) >= 11 is 0. The molecule has 0 saturated carbocycles. The normalized spacial score (nSPS) is 11.3. The molecule has 10 rings (SSSR count). The van der Waals surface area contributed by atoms with E-state index in [1.54, 1.807) is 0 Å². The first-order valence-corrected chi connectivity index (χ1v) is 18.7. The molecular weight excluding hydrogens is 667 g/mol. The van der Waals surface area contributed by atoms with Crippen LogP contribution in [-0.2, 0) is 0 Å². The zero-order valence-corrected chi connectivity index (χ0v) is 30.0. The number of nitrogens with zero attached hydrogens (tertiary/aromatic N) is 3. The van der Waals surface area contributed by atoms with Crippen molar-refractivity contribution in [1.82, 2.24) is 9.97 Å². The van der Waals surface area contributed by atoms with Crippen LogP contribution in [0.3, 0.4) is 0 Å². The number of hydrogen-bond acceptors (Lipinski definition) is 3. The molecule has 0 aliphatic rings. The molecule has 2 heterocycles. The van der Waals surface area contributed by atoms with Gasteiger partial charge in [0.25, 0.3) is 0 Å². The van der Waals surface area contributed by atoms with Gasteiger partial charge in [-0.2, -0.15) is 0 Å². The highest BCUT2D eigenvalue weighted by Crippen LogP contribution is 2.41. The van der Waals surface area contributed by atoms with E-state index in [-0.39, 0.29) is 0 Å². The van der Waals surface area contributed by atoms with Crippen molar-refractivity contribution in [2.45, 2.75) is 0 Å². The Balaban J connectivity index is 1.19. The summed E-state index contributed by atoms with van der Waals surface area (Å²) in [6.45, 7) is 0. The molecule has 0 radical (unpaired) electrons. The Hall–Kier alpha value is -7.36. The highest BCUT2D eigenvalue weighted by molar-refractivity contribution is 6.22. The van der Waals surface area contributed by atoms with Gasteiger partial charge in [0.05, 0.1) is 22.6 Å². The van der Waals surface area contributed by atoms with Crippen molar-refractivity contribution in [1.29, 1.82) is 0 Å². The lowest BCUT2D eigenvalue weighted by Gasteiger charge is -2.26. The van der Waals surface area contributed by atoms with Crippen LogP contribution in [0.4, 0.5) is 17.1 Å². The maximum Gasteiger partial charge on any atom is 0.0789 e. The van der Waals surface area contributed by atoms with Crippen LogP contribution in [0, 0.1) is 0 Å².